The number of rotatable bonds is 6. The SMILES string of the molecule is CCCC(CN)(CCC)N1CCC(C(C)(C)C)C1. The van der Waals surface area contributed by atoms with Gasteiger partial charge in [0.2, 0.25) is 0 Å². The monoisotopic (exact) mass is 254 g/mol. The fourth-order valence-corrected chi connectivity index (χ4v) is 3.60. The normalized spacial score (nSPS) is 22.7. The maximum Gasteiger partial charge on any atom is 0.0331 e. The third-order valence-electron chi connectivity index (χ3n) is 4.89. The summed E-state index contributed by atoms with van der Waals surface area (Å²) < 4.78 is 0. The maximum atomic E-state index is 6.17. The predicted molar refractivity (Wildman–Crippen MR) is 80.7 cm³/mol. The van der Waals surface area contributed by atoms with Crippen molar-refractivity contribution in [2.75, 3.05) is 19.6 Å². The lowest BCUT2D eigenvalue weighted by Gasteiger charge is -2.42. The van der Waals surface area contributed by atoms with Gasteiger partial charge in [-0.05, 0) is 37.1 Å². The van der Waals surface area contributed by atoms with Gasteiger partial charge in [0.15, 0.2) is 0 Å². The van der Waals surface area contributed by atoms with E-state index in [1.807, 2.05) is 0 Å². The van der Waals surface area contributed by atoms with Gasteiger partial charge < -0.3 is 5.73 Å². The number of hydrogen-bond donors (Lipinski definition) is 1. The van der Waals surface area contributed by atoms with Gasteiger partial charge >= 0.3 is 0 Å². The molecular weight excluding hydrogens is 220 g/mol. The highest BCUT2D eigenvalue weighted by atomic mass is 15.2. The quantitative estimate of drug-likeness (QED) is 0.784. The Morgan fingerprint density at radius 2 is 1.67 bits per heavy atom. The summed E-state index contributed by atoms with van der Waals surface area (Å²) >= 11 is 0. The van der Waals surface area contributed by atoms with Crippen LogP contribution in [0.3, 0.4) is 0 Å². The first-order valence-corrected chi connectivity index (χ1v) is 7.84. The van der Waals surface area contributed by atoms with E-state index in [-0.39, 0.29) is 5.54 Å². The molecule has 0 amide bonds. The van der Waals surface area contributed by atoms with Gasteiger partial charge in [-0.2, -0.15) is 0 Å². The molecule has 0 aromatic carbocycles. The topological polar surface area (TPSA) is 29.3 Å². The minimum absolute atomic E-state index is 0.281. The second kappa shape index (κ2) is 6.38. The van der Waals surface area contributed by atoms with Crippen molar-refractivity contribution in [3.8, 4) is 0 Å². The number of nitrogens with two attached hydrogens (primary N) is 1. The Bertz CT molecular complexity index is 236. The largest absolute Gasteiger partial charge is 0.329 e. The van der Waals surface area contributed by atoms with Crippen molar-refractivity contribution in [1.82, 2.24) is 4.90 Å². The fraction of sp³-hybridized carbons (Fsp3) is 1.00. The van der Waals surface area contributed by atoms with Gasteiger partial charge in [0.25, 0.3) is 0 Å². The van der Waals surface area contributed by atoms with Crippen LogP contribution in [0.2, 0.25) is 0 Å². The van der Waals surface area contributed by atoms with Crippen molar-refractivity contribution >= 4 is 0 Å². The van der Waals surface area contributed by atoms with Gasteiger partial charge in [-0.3, -0.25) is 4.90 Å². The van der Waals surface area contributed by atoms with Gasteiger partial charge in [-0.1, -0.05) is 47.5 Å². The molecule has 0 radical (unpaired) electrons. The number of hydrogen-bond acceptors (Lipinski definition) is 2. The summed E-state index contributed by atoms with van der Waals surface area (Å²) in [6.45, 7) is 15.0. The van der Waals surface area contributed by atoms with E-state index in [1.165, 1.54) is 45.2 Å². The summed E-state index contributed by atoms with van der Waals surface area (Å²) in [4.78, 5) is 2.72. The van der Waals surface area contributed by atoms with Crippen molar-refractivity contribution in [3.05, 3.63) is 0 Å². The zero-order valence-electron chi connectivity index (χ0n) is 13.3. The lowest BCUT2D eigenvalue weighted by molar-refractivity contribution is 0.0876. The van der Waals surface area contributed by atoms with E-state index in [4.69, 9.17) is 5.73 Å². The highest BCUT2D eigenvalue weighted by molar-refractivity contribution is 4.96. The highest BCUT2D eigenvalue weighted by Gasteiger charge is 2.41. The first-order chi connectivity index (χ1) is 8.39. The van der Waals surface area contributed by atoms with E-state index in [0.717, 1.165) is 12.5 Å². The van der Waals surface area contributed by atoms with Crippen molar-refractivity contribution in [2.45, 2.75) is 72.3 Å². The van der Waals surface area contributed by atoms with Crippen LogP contribution in [0.4, 0.5) is 0 Å². The molecule has 1 aliphatic heterocycles. The zero-order valence-corrected chi connectivity index (χ0v) is 13.3. The Balaban J connectivity index is 2.76. The first-order valence-electron chi connectivity index (χ1n) is 7.84. The Morgan fingerprint density at radius 3 is 2.00 bits per heavy atom. The molecule has 2 N–H and O–H groups in total. The van der Waals surface area contributed by atoms with E-state index in [2.05, 4.69) is 39.5 Å². The van der Waals surface area contributed by atoms with Gasteiger partial charge in [0.05, 0.1) is 0 Å². The average Bonchev–Trinajstić information content (AvgIpc) is 2.78. The lowest BCUT2D eigenvalue weighted by Crippen LogP contribution is -2.53. The summed E-state index contributed by atoms with van der Waals surface area (Å²) in [6.07, 6.45) is 6.35. The molecule has 0 bridgehead atoms. The molecular formula is C16H34N2. The Hall–Kier alpha value is -0.0800. The molecule has 2 heteroatoms. The van der Waals surface area contributed by atoms with Crippen LogP contribution in [0.5, 0.6) is 0 Å². The van der Waals surface area contributed by atoms with Crippen LogP contribution in [0.25, 0.3) is 0 Å². The smallest absolute Gasteiger partial charge is 0.0331 e. The predicted octanol–water partition coefficient (Wildman–Crippen LogP) is 3.65. The second-order valence-corrected chi connectivity index (χ2v) is 7.23. The minimum atomic E-state index is 0.281. The first kappa shape index (κ1) is 16.0. The molecule has 1 aliphatic rings. The Kier molecular flexibility index (Phi) is 5.67. The molecule has 1 heterocycles. The van der Waals surface area contributed by atoms with Crippen LogP contribution in [-0.4, -0.2) is 30.1 Å². The van der Waals surface area contributed by atoms with Crippen LogP contribution >= 0.6 is 0 Å². The van der Waals surface area contributed by atoms with Crippen LogP contribution < -0.4 is 5.73 Å². The molecule has 0 saturated carbocycles. The molecule has 2 nitrogen and oxygen atoms in total. The van der Waals surface area contributed by atoms with E-state index in [9.17, 15) is 0 Å². The summed E-state index contributed by atoms with van der Waals surface area (Å²) in [7, 11) is 0. The van der Waals surface area contributed by atoms with Crippen LogP contribution in [-0.2, 0) is 0 Å². The Labute approximate surface area is 114 Å². The summed E-state index contributed by atoms with van der Waals surface area (Å²) in [5.74, 6) is 0.831. The van der Waals surface area contributed by atoms with Gasteiger partial charge in [0, 0.05) is 18.6 Å². The van der Waals surface area contributed by atoms with E-state index >= 15 is 0 Å². The van der Waals surface area contributed by atoms with Crippen molar-refractivity contribution in [2.24, 2.45) is 17.1 Å². The molecule has 0 aromatic rings. The molecule has 108 valence electrons. The van der Waals surface area contributed by atoms with E-state index in [0.29, 0.717) is 5.41 Å². The highest BCUT2D eigenvalue weighted by Crippen LogP contribution is 2.38. The van der Waals surface area contributed by atoms with E-state index < -0.39 is 0 Å². The van der Waals surface area contributed by atoms with E-state index in [1.54, 1.807) is 0 Å². The van der Waals surface area contributed by atoms with Crippen LogP contribution in [0, 0.1) is 11.3 Å². The Morgan fingerprint density at radius 1 is 1.11 bits per heavy atom. The van der Waals surface area contributed by atoms with Gasteiger partial charge in [-0.15, -0.1) is 0 Å². The second-order valence-electron chi connectivity index (χ2n) is 7.23. The maximum absolute atomic E-state index is 6.17. The zero-order chi connectivity index (χ0) is 13.8. The third kappa shape index (κ3) is 3.48. The number of nitrogens with zero attached hydrogens (tertiary/aromatic N) is 1. The molecule has 0 aliphatic carbocycles. The molecule has 0 spiro atoms. The van der Waals surface area contributed by atoms with Gasteiger partial charge in [-0.25, -0.2) is 0 Å². The molecule has 1 atom stereocenters. The van der Waals surface area contributed by atoms with Crippen LogP contribution in [0.15, 0.2) is 0 Å². The molecule has 1 unspecified atom stereocenters. The molecule has 18 heavy (non-hydrogen) atoms. The molecule has 1 rings (SSSR count). The third-order valence-corrected chi connectivity index (χ3v) is 4.89. The summed E-state index contributed by atoms with van der Waals surface area (Å²) in [5, 5.41) is 0. The van der Waals surface area contributed by atoms with Gasteiger partial charge in [0.1, 0.15) is 0 Å². The number of likely N-dealkylation sites (tertiary alicyclic amines) is 1. The average molecular weight is 254 g/mol. The summed E-state index contributed by atoms with van der Waals surface area (Å²) in [5.41, 5.74) is 6.89. The fourth-order valence-electron chi connectivity index (χ4n) is 3.60. The van der Waals surface area contributed by atoms with Crippen molar-refractivity contribution < 1.29 is 0 Å². The molecule has 1 fully saturated rings. The molecule has 1 saturated heterocycles. The molecule has 0 aromatic heterocycles. The minimum Gasteiger partial charge on any atom is -0.329 e. The van der Waals surface area contributed by atoms with Crippen molar-refractivity contribution in [1.29, 1.82) is 0 Å². The standard InChI is InChI=1S/C16H34N2/c1-6-9-16(13-17,10-7-2)18-11-8-14(12-18)15(3,4)5/h14H,6-13,17H2,1-5H3. The lowest BCUT2D eigenvalue weighted by atomic mass is 9.80. The van der Waals surface area contributed by atoms with Crippen molar-refractivity contribution in [3.63, 3.8) is 0 Å². The summed E-state index contributed by atoms with van der Waals surface area (Å²) in [6, 6.07) is 0. The van der Waals surface area contributed by atoms with Crippen LogP contribution in [0.1, 0.15) is 66.7 Å².